The van der Waals surface area contributed by atoms with Crippen molar-refractivity contribution in [1.82, 2.24) is 0 Å². The lowest BCUT2D eigenvalue weighted by molar-refractivity contribution is -0.125. The van der Waals surface area contributed by atoms with E-state index in [9.17, 15) is 9.59 Å². The van der Waals surface area contributed by atoms with E-state index in [2.05, 4.69) is 18.8 Å². The zero-order valence-corrected chi connectivity index (χ0v) is 16.1. The number of hydrogen-bond acceptors (Lipinski definition) is 4. The molecule has 0 fully saturated rings. The standard InChI is InChI=1S/C22H24N2O4/c1-4-11-24-19-10-9-17(13-20(19)28-15(3)22(24)26)23-21(25)14-27-18-8-6-7-16(5-2)12-18/h4,6-10,12-13,15H,1,5,11,14H2,2-3H3,(H,23,25). The van der Waals surface area contributed by atoms with E-state index in [0.29, 0.717) is 29.4 Å². The lowest BCUT2D eigenvalue weighted by Crippen LogP contribution is -2.44. The summed E-state index contributed by atoms with van der Waals surface area (Å²) in [5, 5.41) is 2.80. The molecule has 28 heavy (non-hydrogen) atoms. The Labute approximate surface area is 164 Å². The molecule has 0 saturated carbocycles. The number of aryl methyl sites for hydroxylation is 1. The third-order valence-corrected chi connectivity index (χ3v) is 4.44. The van der Waals surface area contributed by atoms with Crippen LogP contribution < -0.4 is 19.7 Å². The van der Waals surface area contributed by atoms with Crippen molar-refractivity contribution in [2.75, 3.05) is 23.4 Å². The van der Waals surface area contributed by atoms with E-state index in [1.807, 2.05) is 24.3 Å². The third kappa shape index (κ3) is 4.34. The van der Waals surface area contributed by atoms with Gasteiger partial charge in [0.1, 0.15) is 11.5 Å². The second-order valence-corrected chi connectivity index (χ2v) is 6.52. The third-order valence-electron chi connectivity index (χ3n) is 4.44. The molecule has 3 rings (SSSR count). The Balaban J connectivity index is 1.66. The van der Waals surface area contributed by atoms with Crippen molar-refractivity contribution in [2.45, 2.75) is 26.4 Å². The maximum Gasteiger partial charge on any atom is 0.268 e. The molecule has 0 aromatic heterocycles. The van der Waals surface area contributed by atoms with Crippen LogP contribution in [0.1, 0.15) is 19.4 Å². The van der Waals surface area contributed by atoms with Crippen molar-refractivity contribution in [3.05, 3.63) is 60.7 Å². The first kappa shape index (κ1) is 19.5. The van der Waals surface area contributed by atoms with Gasteiger partial charge in [0.05, 0.1) is 5.69 Å². The highest BCUT2D eigenvalue weighted by molar-refractivity contribution is 6.01. The van der Waals surface area contributed by atoms with Crippen LogP contribution in [-0.4, -0.2) is 31.1 Å². The molecule has 0 radical (unpaired) electrons. The fourth-order valence-corrected chi connectivity index (χ4v) is 3.01. The van der Waals surface area contributed by atoms with Crippen molar-refractivity contribution in [3.63, 3.8) is 0 Å². The molecular formula is C22H24N2O4. The summed E-state index contributed by atoms with van der Waals surface area (Å²) in [6.45, 7) is 7.76. The minimum atomic E-state index is -0.590. The van der Waals surface area contributed by atoms with Gasteiger partial charge in [0.25, 0.3) is 11.8 Å². The highest BCUT2D eigenvalue weighted by Gasteiger charge is 2.30. The van der Waals surface area contributed by atoms with E-state index >= 15 is 0 Å². The molecule has 2 aromatic rings. The zero-order chi connectivity index (χ0) is 20.1. The van der Waals surface area contributed by atoms with Gasteiger partial charge in [-0.25, -0.2) is 0 Å². The summed E-state index contributed by atoms with van der Waals surface area (Å²) in [4.78, 5) is 26.1. The van der Waals surface area contributed by atoms with Crippen LogP contribution in [0.2, 0.25) is 0 Å². The maximum atomic E-state index is 12.3. The van der Waals surface area contributed by atoms with Gasteiger partial charge in [0, 0.05) is 18.3 Å². The van der Waals surface area contributed by atoms with Crippen LogP contribution >= 0.6 is 0 Å². The van der Waals surface area contributed by atoms with E-state index in [-0.39, 0.29) is 18.4 Å². The van der Waals surface area contributed by atoms with Gasteiger partial charge in [-0.2, -0.15) is 0 Å². The first-order valence-corrected chi connectivity index (χ1v) is 9.26. The van der Waals surface area contributed by atoms with E-state index in [4.69, 9.17) is 9.47 Å². The van der Waals surface area contributed by atoms with Crippen molar-refractivity contribution in [1.29, 1.82) is 0 Å². The van der Waals surface area contributed by atoms with Gasteiger partial charge in [-0.3, -0.25) is 9.59 Å². The summed E-state index contributed by atoms with van der Waals surface area (Å²) in [7, 11) is 0. The molecular weight excluding hydrogens is 356 g/mol. The van der Waals surface area contributed by atoms with Gasteiger partial charge >= 0.3 is 0 Å². The number of nitrogens with one attached hydrogen (secondary N) is 1. The van der Waals surface area contributed by atoms with Crippen LogP contribution in [0.15, 0.2) is 55.1 Å². The fraction of sp³-hybridized carbons (Fsp3) is 0.273. The van der Waals surface area contributed by atoms with E-state index in [1.165, 1.54) is 0 Å². The van der Waals surface area contributed by atoms with Gasteiger partial charge in [0.15, 0.2) is 12.7 Å². The quantitative estimate of drug-likeness (QED) is 0.746. The molecule has 6 nitrogen and oxygen atoms in total. The molecule has 1 heterocycles. The summed E-state index contributed by atoms with van der Waals surface area (Å²) in [5.74, 6) is 0.815. The van der Waals surface area contributed by atoms with Crippen LogP contribution in [0.4, 0.5) is 11.4 Å². The Morgan fingerprint density at radius 2 is 2.14 bits per heavy atom. The zero-order valence-electron chi connectivity index (χ0n) is 16.1. The summed E-state index contributed by atoms with van der Waals surface area (Å²) >= 11 is 0. The minimum Gasteiger partial charge on any atom is -0.484 e. The second kappa shape index (κ2) is 8.61. The largest absolute Gasteiger partial charge is 0.484 e. The van der Waals surface area contributed by atoms with Crippen molar-refractivity contribution >= 4 is 23.2 Å². The van der Waals surface area contributed by atoms with Gasteiger partial charge < -0.3 is 19.7 Å². The lowest BCUT2D eigenvalue weighted by atomic mass is 10.1. The maximum absolute atomic E-state index is 12.3. The minimum absolute atomic E-state index is 0.0947. The van der Waals surface area contributed by atoms with Crippen molar-refractivity contribution in [3.8, 4) is 11.5 Å². The SMILES string of the molecule is C=CCN1C(=O)C(C)Oc2cc(NC(=O)COc3cccc(CC)c3)ccc21. The first-order chi connectivity index (χ1) is 13.5. The molecule has 1 N–H and O–H groups in total. The highest BCUT2D eigenvalue weighted by Crippen LogP contribution is 2.36. The summed E-state index contributed by atoms with van der Waals surface area (Å²) in [6.07, 6.45) is 1.98. The normalized spacial score (nSPS) is 15.4. The summed E-state index contributed by atoms with van der Waals surface area (Å²) in [5.41, 5.74) is 2.39. The van der Waals surface area contributed by atoms with Gasteiger partial charge in [-0.1, -0.05) is 25.1 Å². The first-order valence-electron chi connectivity index (χ1n) is 9.26. The summed E-state index contributed by atoms with van der Waals surface area (Å²) < 4.78 is 11.3. The molecule has 0 saturated heterocycles. The Morgan fingerprint density at radius 1 is 1.32 bits per heavy atom. The van der Waals surface area contributed by atoms with E-state index < -0.39 is 6.10 Å². The number of carbonyl (C=O) groups is 2. The van der Waals surface area contributed by atoms with Gasteiger partial charge in [-0.05, 0) is 43.2 Å². The fourth-order valence-electron chi connectivity index (χ4n) is 3.01. The van der Waals surface area contributed by atoms with Crippen LogP contribution in [0, 0.1) is 0 Å². The number of rotatable bonds is 7. The molecule has 6 heteroatoms. The average Bonchev–Trinajstić information content (AvgIpc) is 2.70. The number of amides is 2. The number of carbonyl (C=O) groups excluding carboxylic acids is 2. The van der Waals surface area contributed by atoms with Crippen LogP contribution in [0.5, 0.6) is 11.5 Å². The van der Waals surface area contributed by atoms with Gasteiger partial charge in [0.2, 0.25) is 0 Å². The van der Waals surface area contributed by atoms with Crippen LogP contribution in [0.3, 0.4) is 0 Å². The molecule has 1 aliphatic heterocycles. The predicted molar refractivity (Wildman–Crippen MR) is 109 cm³/mol. The number of fused-ring (bicyclic) bond motifs is 1. The van der Waals surface area contributed by atoms with Crippen LogP contribution in [0.25, 0.3) is 0 Å². The number of hydrogen-bond donors (Lipinski definition) is 1. The number of anilines is 2. The average molecular weight is 380 g/mol. The molecule has 146 valence electrons. The molecule has 1 unspecified atom stereocenters. The number of benzene rings is 2. The smallest absolute Gasteiger partial charge is 0.268 e. The Kier molecular flexibility index (Phi) is 5.99. The van der Waals surface area contributed by atoms with E-state index in [1.54, 1.807) is 36.1 Å². The molecule has 0 spiro atoms. The lowest BCUT2D eigenvalue weighted by Gasteiger charge is -2.32. The molecule has 0 aliphatic carbocycles. The predicted octanol–water partition coefficient (Wildman–Crippen LogP) is 3.57. The van der Waals surface area contributed by atoms with Crippen molar-refractivity contribution < 1.29 is 19.1 Å². The molecule has 1 aliphatic rings. The Morgan fingerprint density at radius 3 is 2.89 bits per heavy atom. The monoisotopic (exact) mass is 380 g/mol. The van der Waals surface area contributed by atoms with Gasteiger partial charge in [-0.15, -0.1) is 6.58 Å². The highest BCUT2D eigenvalue weighted by atomic mass is 16.5. The Hall–Kier alpha value is -3.28. The number of nitrogens with zero attached hydrogens (tertiary/aromatic N) is 1. The molecule has 0 bridgehead atoms. The molecule has 1 atom stereocenters. The number of ether oxygens (including phenoxy) is 2. The molecule has 2 aromatic carbocycles. The van der Waals surface area contributed by atoms with E-state index in [0.717, 1.165) is 12.0 Å². The molecule has 2 amide bonds. The Bertz CT molecular complexity index is 894. The summed E-state index contributed by atoms with van der Waals surface area (Å²) in [6, 6.07) is 12.9. The topological polar surface area (TPSA) is 67.9 Å². The van der Waals surface area contributed by atoms with Crippen LogP contribution in [-0.2, 0) is 16.0 Å². The van der Waals surface area contributed by atoms with Crippen molar-refractivity contribution in [2.24, 2.45) is 0 Å². The second-order valence-electron chi connectivity index (χ2n) is 6.52.